The molecule has 0 unspecified atom stereocenters. The van der Waals surface area contributed by atoms with Crippen LogP contribution in [-0.4, -0.2) is 41.1 Å². The number of likely N-dealkylation sites (tertiary alicyclic amines) is 1. The Bertz CT molecular complexity index is 485. The summed E-state index contributed by atoms with van der Waals surface area (Å²) in [5.74, 6) is 2.39. The fourth-order valence-corrected chi connectivity index (χ4v) is 3.48. The van der Waals surface area contributed by atoms with Crippen LogP contribution < -0.4 is 10.5 Å². The van der Waals surface area contributed by atoms with E-state index in [0.29, 0.717) is 11.9 Å². The summed E-state index contributed by atoms with van der Waals surface area (Å²) in [6.45, 7) is 4.38. The highest BCUT2D eigenvalue weighted by molar-refractivity contribution is 5.33. The molecule has 1 saturated carbocycles. The van der Waals surface area contributed by atoms with Crippen molar-refractivity contribution < 1.29 is 4.74 Å². The first-order valence-corrected chi connectivity index (χ1v) is 8.09. The van der Waals surface area contributed by atoms with E-state index in [9.17, 15) is 0 Å². The number of hydrogen-bond donors (Lipinski definition) is 1. The molecule has 116 valence electrons. The summed E-state index contributed by atoms with van der Waals surface area (Å²) >= 11 is 0. The Labute approximate surface area is 126 Å². The molecule has 0 spiro atoms. The zero-order valence-electron chi connectivity index (χ0n) is 13.1. The standard InChI is InChI=1S/C16H26N4O/c1-11-3-5-12(6-4-11)14-9-18-16(17)19-15(14)21-13-7-8-20(2)10-13/h9,11-13H,3-8,10H2,1-2H3,(H2,17,18,19)/t11?,12?,13-/m1/s1. The Kier molecular flexibility index (Phi) is 4.29. The van der Waals surface area contributed by atoms with Crippen LogP contribution in [-0.2, 0) is 0 Å². The van der Waals surface area contributed by atoms with E-state index in [2.05, 4.69) is 28.8 Å². The predicted octanol–water partition coefficient (Wildman–Crippen LogP) is 2.44. The number of aromatic nitrogens is 2. The maximum atomic E-state index is 6.16. The van der Waals surface area contributed by atoms with Gasteiger partial charge in [-0.25, -0.2) is 4.98 Å². The van der Waals surface area contributed by atoms with E-state index in [1.54, 1.807) is 0 Å². The lowest BCUT2D eigenvalue weighted by molar-refractivity contribution is 0.195. The van der Waals surface area contributed by atoms with Crippen molar-refractivity contribution in [2.24, 2.45) is 5.92 Å². The summed E-state index contributed by atoms with van der Waals surface area (Å²) in [5, 5.41) is 0. The third-order valence-corrected chi connectivity index (χ3v) is 4.88. The van der Waals surface area contributed by atoms with Gasteiger partial charge < -0.3 is 15.4 Å². The fraction of sp³-hybridized carbons (Fsp3) is 0.750. The van der Waals surface area contributed by atoms with Crippen LogP contribution in [0.1, 0.15) is 50.5 Å². The van der Waals surface area contributed by atoms with Crippen LogP contribution in [0.3, 0.4) is 0 Å². The summed E-state index contributed by atoms with van der Waals surface area (Å²) in [6, 6.07) is 0. The highest BCUT2D eigenvalue weighted by Crippen LogP contribution is 2.39. The van der Waals surface area contributed by atoms with Crippen LogP contribution >= 0.6 is 0 Å². The minimum absolute atomic E-state index is 0.227. The normalized spacial score (nSPS) is 30.5. The largest absolute Gasteiger partial charge is 0.473 e. The molecule has 0 aromatic carbocycles. The molecule has 2 aliphatic rings. The number of likely N-dealkylation sites (N-methyl/N-ethyl adjacent to an activating group) is 1. The molecule has 1 atom stereocenters. The molecule has 2 fully saturated rings. The minimum atomic E-state index is 0.227. The lowest BCUT2D eigenvalue weighted by atomic mass is 9.80. The van der Waals surface area contributed by atoms with Crippen LogP contribution in [0.2, 0.25) is 0 Å². The summed E-state index contributed by atoms with van der Waals surface area (Å²) in [6.07, 6.45) is 8.13. The van der Waals surface area contributed by atoms with Gasteiger partial charge in [0.05, 0.1) is 0 Å². The van der Waals surface area contributed by atoms with Crippen molar-refractivity contribution in [2.75, 3.05) is 25.9 Å². The minimum Gasteiger partial charge on any atom is -0.473 e. The molecule has 1 aliphatic carbocycles. The van der Waals surface area contributed by atoms with Crippen molar-refractivity contribution in [3.8, 4) is 5.88 Å². The van der Waals surface area contributed by atoms with Crippen LogP contribution in [0, 0.1) is 5.92 Å². The van der Waals surface area contributed by atoms with Crippen LogP contribution in [0.5, 0.6) is 5.88 Å². The number of nitrogens with two attached hydrogens (primary N) is 1. The fourth-order valence-electron chi connectivity index (χ4n) is 3.48. The van der Waals surface area contributed by atoms with Crippen molar-refractivity contribution in [3.05, 3.63) is 11.8 Å². The van der Waals surface area contributed by atoms with Gasteiger partial charge in [0.15, 0.2) is 0 Å². The lowest BCUT2D eigenvalue weighted by Gasteiger charge is -2.27. The Morgan fingerprint density at radius 3 is 2.67 bits per heavy atom. The monoisotopic (exact) mass is 290 g/mol. The number of rotatable bonds is 3. The van der Waals surface area contributed by atoms with Crippen LogP contribution in [0.15, 0.2) is 6.20 Å². The zero-order valence-corrected chi connectivity index (χ0v) is 13.1. The van der Waals surface area contributed by atoms with Gasteiger partial charge in [-0.3, -0.25) is 0 Å². The molecule has 1 aromatic heterocycles. The van der Waals surface area contributed by atoms with E-state index in [0.717, 1.165) is 36.9 Å². The summed E-state index contributed by atoms with van der Waals surface area (Å²) < 4.78 is 6.16. The molecule has 5 heteroatoms. The molecule has 0 radical (unpaired) electrons. The van der Waals surface area contributed by atoms with E-state index in [1.807, 2.05) is 6.20 Å². The molecule has 1 aliphatic heterocycles. The van der Waals surface area contributed by atoms with Gasteiger partial charge in [0.2, 0.25) is 11.8 Å². The Balaban J connectivity index is 1.76. The van der Waals surface area contributed by atoms with Gasteiger partial charge >= 0.3 is 0 Å². The summed E-state index contributed by atoms with van der Waals surface area (Å²) in [7, 11) is 2.13. The van der Waals surface area contributed by atoms with Gasteiger partial charge in [-0.2, -0.15) is 4.98 Å². The Morgan fingerprint density at radius 2 is 2.00 bits per heavy atom. The summed E-state index contributed by atoms with van der Waals surface area (Å²) in [5.41, 5.74) is 6.93. The number of nitrogens with zero attached hydrogens (tertiary/aromatic N) is 3. The first-order valence-electron chi connectivity index (χ1n) is 8.09. The SMILES string of the molecule is CC1CCC(c2cnc(N)nc2O[C@@H]2CCN(C)C2)CC1. The first-order chi connectivity index (χ1) is 10.1. The maximum Gasteiger partial charge on any atom is 0.223 e. The molecule has 0 amide bonds. The molecular weight excluding hydrogens is 264 g/mol. The van der Waals surface area contributed by atoms with Gasteiger partial charge in [-0.15, -0.1) is 0 Å². The van der Waals surface area contributed by atoms with E-state index in [-0.39, 0.29) is 6.10 Å². The van der Waals surface area contributed by atoms with Gasteiger partial charge in [0, 0.05) is 24.8 Å². The van der Waals surface area contributed by atoms with Crippen molar-refractivity contribution >= 4 is 5.95 Å². The molecule has 2 heterocycles. The molecule has 21 heavy (non-hydrogen) atoms. The summed E-state index contributed by atoms with van der Waals surface area (Å²) in [4.78, 5) is 10.9. The maximum absolute atomic E-state index is 6.16. The van der Waals surface area contributed by atoms with Crippen LogP contribution in [0.25, 0.3) is 0 Å². The second kappa shape index (κ2) is 6.18. The second-order valence-corrected chi connectivity index (χ2v) is 6.74. The first kappa shape index (κ1) is 14.6. The Morgan fingerprint density at radius 1 is 1.24 bits per heavy atom. The van der Waals surface area contributed by atoms with E-state index in [1.165, 1.54) is 25.7 Å². The highest BCUT2D eigenvalue weighted by atomic mass is 16.5. The van der Waals surface area contributed by atoms with E-state index < -0.39 is 0 Å². The van der Waals surface area contributed by atoms with Gasteiger partial charge in [-0.1, -0.05) is 19.8 Å². The third kappa shape index (κ3) is 3.46. The molecule has 1 aromatic rings. The van der Waals surface area contributed by atoms with Gasteiger partial charge in [-0.05, 0) is 38.1 Å². The van der Waals surface area contributed by atoms with Crippen molar-refractivity contribution in [1.29, 1.82) is 0 Å². The molecule has 0 bridgehead atoms. The molecule has 3 rings (SSSR count). The van der Waals surface area contributed by atoms with Crippen molar-refractivity contribution in [2.45, 2.75) is 51.0 Å². The smallest absolute Gasteiger partial charge is 0.223 e. The van der Waals surface area contributed by atoms with Gasteiger partial charge in [0.25, 0.3) is 0 Å². The van der Waals surface area contributed by atoms with Gasteiger partial charge in [0.1, 0.15) is 6.10 Å². The molecule has 1 saturated heterocycles. The second-order valence-electron chi connectivity index (χ2n) is 6.74. The van der Waals surface area contributed by atoms with Crippen molar-refractivity contribution in [1.82, 2.24) is 14.9 Å². The lowest BCUT2D eigenvalue weighted by Crippen LogP contribution is -2.23. The highest BCUT2D eigenvalue weighted by Gasteiger charge is 2.27. The molecule has 5 nitrogen and oxygen atoms in total. The van der Waals surface area contributed by atoms with E-state index >= 15 is 0 Å². The average Bonchev–Trinajstić information content (AvgIpc) is 2.86. The topological polar surface area (TPSA) is 64.3 Å². The Hall–Kier alpha value is -1.36. The zero-order chi connectivity index (χ0) is 14.8. The quantitative estimate of drug-likeness (QED) is 0.926. The third-order valence-electron chi connectivity index (χ3n) is 4.88. The number of nitrogen functional groups attached to an aromatic ring is 1. The van der Waals surface area contributed by atoms with Crippen LogP contribution in [0.4, 0.5) is 5.95 Å². The van der Waals surface area contributed by atoms with Crippen molar-refractivity contribution in [3.63, 3.8) is 0 Å². The molecule has 2 N–H and O–H groups in total. The molecular formula is C16H26N4O. The number of ether oxygens (including phenoxy) is 1. The average molecular weight is 290 g/mol. The number of hydrogen-bond acceptors (Lipinski definition) is 5. The predicted molar refractivity (Wildman–Crippen MR) is 83.3 cm³/mol. The number of anilines is 1. The van der Waals surface area contributed by atoms with E-state index in [4.69, 9.17) is 10.5 Å².